The highest BCUT2D eigenvalue weighted by Gasteiger charge is 2.39. The molecule has 0 saturated carbocycles. The zero-order valence-electron chi connectivity index (χ0n) is 37.1. The third-order valence-electron chi connectivity index (χ3n) is 9.31. The fourth-order valence-corrected chi connectivity index (χ4v) is 6.59. The van der Waals surface area contributed by atoms with Gasteiger partial charge >= 0.3 is 12.1 Å². The largest absolute Gasteiger partial charge is 0.444 e. The van der Waals surface area contributed by atoms with Crippen LogP contribution in [0.5, 0.6) is 0 Å². The number of rotatable bonds is 31. The smallest absolute Gasteiger partial charge is 0.407 e. The molecule has 64 heavy (non-hydrogen) atoms. The Labute approximate surface area is 379 Å². The standard InChI is InChI=1S/C44H64ClN5O14/c1-44(2,3)64-43(55)46-9-11-57-13-15-59-17-19-61-21-23-63-25-24-62-22-20-60-18-16-58-14-12-56-10-8-32-27-35(45)29-36(28-32)48-42(54)47-30-33-4-5-37-34(26-33)31-50(41(37)53)38-6-7-39(51)49-40(38)52/h4-5,26-29,38H,6-25,30-31H2,1-3H3,(H,46,55)(H2,47,48,54)(H,49,51,52). The maximum Gasteiger partial charge on any atom is 0.407 e. The first kappa shape index (κ1) is 52.2. The van der Waals surface area contributed by atoms with Crippen LogP contribution in [0.4, 0.5) is 15.3 Å². The lowest BCUT2D eigenvalue weighted by molar-refractivity contribution is -0.136. The summed E-state index contributed by atoms with van der Waals surface area (Å²) in [5.74, 6) is -1.04. The Hall–Kier alpha value is -4.44. The number of nitrogens with one attached hydrogen (secondary N) is 4. The van der Waals surface area contributed by atoms with Crippen molar-refractivity contribution in [3.8, 4) is 0 Å². The number of carbonyl (C=O) groups is 5. The van der Waals surface area contributed by atoms with E-state index in [4.69, 9.17) is 54.2 Å². The molecule has 4 rings (SSSR count). The van der Waals surface area contributed by atoms with Gasteiger partial charge in [0.05, 0.1) is 106 Å². The van der Waals surface area contributed by atoms with Crippen molar-refractivity contribution in [2.45, 2.75) is 64.8 Å². The Kier molecular flexibility index (Phi) is 23.8. The summed E-state index contributed by atoms with van der Waals surface area (Å²) in [6, 6.07) is 9.50. The number of hydrogen-bond acceptors (Lipinski definition) is 14. The van der Waals surface area contributed by atoms with E-state index in [1.165, 1.54) is 4.90 Å². The number of amides is 6. The molecule has 1 atom stereocenters. The summed E-state index contributed by atoms with van der Waals surface area (Å²) in [6.07, 6.45) is 0.595. The molecule has 0 bridgehead atoms. The van der Waals surface area contributed by atoms with Crippen molar-refractivity contribution in [3.05, 3.63) is 63.7 Å². The van der Waals surface area contributed by atoms with Crippen molar-refractivity contribution in [1.29, 1.82) is 0 Å². The molecule has 356 valence electrons. The lowest BCUT2D eigenvalue weighted by atomic mass is 10.0. The number of benzene rings is 2. The Bertz CT molecular complexity index is 1780. The van der Waals surface area contributed by atoms with Gasteiger partial charge in [-0.3, -0.25) is 19.7 Å². The second kappa shape index (κ2) is 29.2. The van der Waals surface area contributed by atoms with Gasteiger partial charge in [0.2, 0.25) is 11.8 Å². The van der Waals surface area contributed by atoms with Crippen LogP contribution in [0.25, 0.3) is 0 Å². The average Bonchev–Trinajstić information content (AvgIpc) is 3.56. The number of urea groups is 1. The molecule has 2 heterocycles. The van der Waals surface area contributed by atoms with Crippen LogP contribution in [0.2, 0.25) is 5.02 Å². The monoisotopic (exact) mass is 921 g/mol. The summed E-state index contributed by atoms with van der Waals surface area (Å²) in [4.78, 5) is 62.6. The molecule has 20 heteroatoms. The Morgan fingerprint density at radius 1 is 0.703 bits per heavy atom. The molecule has 19 nitrogen and oxygen atoms in total. The molecule has 6 amide bonds. The van der Waals surface area contributed by atoms with Crippen LogP contribution >= 0.6 is 11.6 Å². The number of anilines is 1. The van der Waals surface area contributed by atoms with E-state index >= 15 is 0 Å². The number of imide groups is 1. The Balaban J connectivity index is 0.904. The molecular formula is C44H64ClN5O14. The fraction of sp³-hybridized carbons (Fsp3) is 0.614. The molecule has 1 saturated heterocycles. The van der Waals surface area contributed by atoms with E-state index in [0.29, 0.717) is 141 Å². The van der Waals surface area contributed by atoms with Crippen LogP contribution in [-0.2, 0) is 71.7 Å². The van der Waals surface area contributed by atoms with Crippen molar-refractivity contribution in [1.82, 2.24) is 20.9 Å². The van der Waals surface area contributed by atoms with Gasteiger partial charge in [-0.2, -0.15) is 0 Å². The van der Waals surface area contributed by atoms with Gasteiger partial charge in [0.15, 0.2) is 0 Å². The quantitative estimate of drug-likeness (QED) is 0.0628. The molecule has 2 aliphatic heterocycles. The number of alkyl carbamates (subject to hydrolysis) is 1. The summed E-state index contributed by atoms with van der Waals surface area (Å²) in [6.45, 7) is 13.3. The first-order chi connectivity index (χ1) is 30.9. The molecule has 2 aromatic rings. The maximum atomic E-state index is 13.0. The number of nitrogens with zero attached hydrogens (tertiary/aromatic N) is 1. The number of hydrogen-bond donors (Lipinski definition) is 4. The summed E-state index contributed by atoms with van der Waals surface area (Å²) in [7, 11) is 0. The first-order valence-corrected chi connectivity index (χ1v) is 22.0. The van der Waals surface area contributed by atoms with E-state index in [1.807, 2.05) is 39.0 Å². The Morgan fingerprint density at radius 2 is 1.25 bits per heavy atom. The molecule has 0 aliphatic carbocycles. The molecular weight excluding hydrogens is 858 g/mol. The van der Waals surface area contributed by atoms with Gasteiger partial charge in [0, 0.05) is 42.3 Å². The van der Waals surface area contributed by atoms with Gasteiger partial charge < -0.3 is 63.5 Å². The van der Waals surface area contributed by atoms with Crippen LogP contribution in [0.3, 0.4) is 0 Å². The van der Waals surface area contributed by atoms with Gasteiger partial charge in [-0.25, -0.2) is 9.59 Å². The van der Waals surface area contributed by atoms with E-state index in [-0.39, 0.29) is 31.3 Å². The number of fused-ring (bicyclic) bond motifs is 1. The number of carbonyl (C=O) groups excluding carboxylic acids is 5. The number of piperidine rings is 1. The lowest BCUT2D eigenvalue weighted by Gasteiger charge is -2.29. The number of ether oxygens (including phenoxy) is 9. The molecule has 2 aromatic carbocycles. The average molecular weight is 922 g/mol. The maximum absolute atomic E-state index is 13.0. The highest BCUT2D eigenvalue weighted by Crippen LogP contribution is 2.28. The van der Waals surface area contributed by atoms with E-state index in [2.05, 4.69) is 21.3 Å². The first-order valence-electron chi connectivity index (χ1n) is 21.6. The third-order valence-corrected chi connectivity index (χ3v) is 9.53. The zero-order chi connectivity index (χ0) is 46.0. The van der Waals surface area contributed by atoms with Crippen molar-refractivity contribution in [3.63, 3.8) is 0 Å². The second-order valence-electron chi connectivity index (χ2n) is 15.6. The number of halogens is 1. The van der Waals surface area contributed by atoms with E-state index < -0.39 is 29.7 Å². The fourth-order valence-electron chi connectivity index (χ4n) is 6.33. The van der Waals surface area contributed by atoms with Crippen molar-refractivity contribution < 1.29 is 66.6 Å². The van der Waals surface area contributed by atoms with Gasteiger partial charge in [0.1, 0.15) is 11.6 Å². The van der Waals surface area contributed by atoms with Crippen LogP contribution in [0.1, 0.15) is 60.7 Å². The van der Waals surface area contributed by atoms with Gasteiger partial charge in [-0.15, -0.1) is 0 Å². The minimum absolute atomic E-state index is 0.188. The topological polar surface area (TPSA) is 220 Å². The third kappa shape index (κ3) is 21.0. The minimum atomic E-state index is -0.687. The molecule has 2 aliphatic rings. The van der Waals surface area contributed by atoms with Crippen LogP contribution in [-0.4, -0.2) is 159 Å². The predicted octanol–water partition coefficient (Wildman–Crippen LogP) is 3.62. The molecule has 1 fully saturated rings. The summed E-state index contributed by atoms with van der Waals surface area (Å²) >= 11 is 6.33. The minimum Gasteiger partial charge on any atom is -0.444 e. The Morgan fingerprint density at radius 3 is 1.80 bits per heavy atom. The van der Waals surface area contributed by atoms with E-state index in [1.54, 1.807) is 18.2 Å². The van der Waals surface area contributed by atoms with Gasteiger partial charge in [-0.1, -0.05) is 23.7 Å². The molecule has 0 spiro atoms. The van der Waals surface area contributed by atoms with E-state index in [0.717, 1.165) is 16.7 Å². The van der Waals surface area contributed by atoms with Crippen molar-refractivity contribution in [2.24, 2.45) is 0 Å². The molecule has 1 unspecified atom stereocenters. The van der Waals surface area contributed by atoms with Crippen molar-refractivity contribution in [2.75, 3.05) is 118 Å². The lowest BCUT2D eigenvalue weighted by Crippen LogP contribution is -2.52. The van der Waals surface area contributed by atoms with E-state index in [9.17, 15) is 24.0 Å². The van der Waals surface area contributed by atoms with Crippen LogP contribution in [0.15, 0.2) is 36.4 Å². The highest BCUT2D eigenvalue weighted by molar-refractivity contribution is 6.31. The normalized spacial score (nSPS) is 15.0. The molecule has 0 radical (unpaired) electrons. The SMILES string of the molecule is CC(C)(C)OC(=O)NCCOCCOCCOCCOCCOCCOCCOCCOCCc1cc(Cl)cc(NC(=O)NCc2ccc3c(c2)CN(C2CCC(=O)NC2=O)C3=O)c1. The van der Waals surface area contributed by atoms with Crippen LogP contribution in [0, 0.1) is 0 Å². The summed E-state index contributed by atoms with van der Waals surface area (Å²) < 4.78 is 49.3. The molecule has 4 N–H and O–H groups in total. The van der Waals surface area contributed by atoms with Gasteiger partial charge in [0.25, 0.3) is 5.91 Å². The zero-order valence-corrected chi connectivity index (χ0v) is 37.9. The summed E-state index contributed by atoms with van der Waals surface area (Å²) in [5.41, 5.74) is 2.96. The van der Waals surface area contributed by atoms with Gasteiger partial charge in [-0.05, 0) is 74.6 Å². The summed E-state index contributed by atoms with van der Waals surface area (Å²) in [5, 5.41) is 11.0. The predicted molar refractivity (Wildman–Crippen MR) is 234 cm³/mol. The highest BCUT2D eigenvalue weighted by atomic mass is 35.5. The molecule has 0 aromatic heterocycles. The second-order valence-corrected chi connectivity index (χ2v) is 16.1. The van der Waals surface area contributed by atoms with Crippen LogP contribution < -0.4 is 21.3 Å². The van der Waals surface area contributed by atoms with Crippen molar-refractivity contribution >= 4 is 47.1 Å².